The number of rotatable bonds is 2. The molecule has 0 saturated carbocycles. The van der Waals surface area contributed by atoms with E-state index in [0.717, 1.165) is 0 Å². The lowest BCUT2D eigenvalue weighted by Crippen LogP contribution is -2.06. The lowest BCUT2D eigenvalue weighted by Gasteiger charge is -1.96. The van der Waals surface area contributed by atoms with Crippen LogP contribution in [-0.4, -0.2) is 4.98 Å². The molecule has 0 aliphatic heterocycles. The first-order valence-corrected chi connectivity index (χ1v) is 5.44. The van der Waals surface area contributed by atoms with Gasteiger partial charge in [0, 0.05) is 6.08 Å². The maximum absolute atomic E-state index is 11.7. The molecule has 88 valence electrons. The fourth-order valence-electron chi connectivity index (χ4n) is 1.64. The molecule has 0 fully saturated rings. The van der Waals surface area contributed by atoms with Gasteiger partial charge in [-0.25, -0.2) is 0 Å². The molecule has 0 saturated heterocycles. The molecule has 0 atom stereocenters. The number of hydrogen-bond donors (Lipinski definition) is 0. The quantitative estimate of drug-likeness (QED) is 0.689. The molecule has 0 unspecified atom stereocenters. The summed E-state index contributed by atoms with van der Waals surface area (Å²) in [5.74, 6) is 0.933. The van der Waals surface area contributed by atoms with E-state index in [1.807, 2.05) is 6.07 Å². The van der Waals surface area contributed by atoms with E-state index < -0.39 is 0 Å². The fraction of sp³-hybridized carbons (Fsp3) is 0. The van der Waals surface area contributed by atoms with Crippen molar-refractivity contribution in [1.29, 1.82) is 0 Å². The highest BCUT2D eigenvalue weighted by Gasteiger charge is 2.02. The molecule has 0 aliphatic rings. The maximum atomic E-state index is 11.7. The fourth-order valence-corrected chi connectivity index (χ4v) is 1.64. The van der Waals surface area contributed by atoms with Crippen LogP contribution in [0.1, 0.15) is 11.7 Å². The van der Waals surface area contributed by atoms with Crippen molar-refractivity contribution >= 4 is 23.1 Å². The molecule has 0 amide bonds. The van der Waals surface area contributed by atoms with Gasteiger partial charge in [0.25, 0.3) is 5.56 Å². The van der Waals surface area contributed by atoms with E-state index in [1.54, 1.807) is 48.7 Å². The summed E-state index contributed by atoms with van der Waals surface area (Å²) in [7, 11) is 0. The Morgan fingerprint density at radius 1 is 1.06 bits per heavy atom. The second kappa shape index (κ2) is 4.33. The summed E-state index contributed by atoms with van der Waals surface area (Å²) in [6.07, 6.45) is 4.87. The summed E-state index contributed by atoms with van der Waals surface area (Å²) in [4.78, 5) is 15.6. The van der Waals surface area contributed by atoms with E-state index in [2.05, 4.69) is 4.98 Å². The zero-order valence-electron chi connectivity index (χ0n) is 9.37. The van der Waals surface area contributed by atoms with Gasteiger partial charge in [0.05, 0.1) is 11.6 Å². The number of furan rings is 1. The van der Waals surface area contributed by atoms with Gasteiger partial charge in [0.15, 0.2) is 0 Å². The van der Waals surface area contributed by atoms with Gasteiger partial charge in [-0.1, -0.05) is 12.1 Å². The molecule has 3 aromatic rings. The molecule has 18 heavy (non-hydrogen) atoms. The minimum absolute atomic E-state index is 0.259. The molecule has 0 aliphatic carbocycles. The minimum atomic E-state index is -0.295. The summed E-state index contributed by atoms with van der Waals surface area (Å²) in [6.45, 7) is 0. The topological polar surface area (TPSA) is 56.2 Å². The summed E-state index contributed by atoms with van der Waals surface area (Å²) < 4.78 is 10.6. The molecule has 2 heterocycles. The smallest absolute Gasteiger partial charge is 0.284 e. The van der Waals surface area contributed by atoms with Gasteiger partial charge in [-0.05, 0) is 30.3 Å². The molecule has 0 bridgehead atoms. The monoisotopic (exact) mass is 239 g/mol. The predicted molar refractivity (Wildman–Crippen MR) is 67.9 cm³/mol. The molecule has 2 aromatic heterocycles. The van der Waals surface area contributed by atoms with E-state index in [0.29, 0.717) is 16.7 Å². The molecular weight excluding hydrogens is 230 g/mol. The highest BCUT2D eigenvalue weighted by molar-refractivity contribution is 5.76. The van der Waals surface area contributed by atoms with Gasteiger partial charge in [-0.3, -0.25) is 4.79 Å². The SMILES string of the molecule is O=c1nc(C=Cc2ccco2)oc2ccccc12. The Morgan fingerprint density at radius 3 is 2.78 bits per heavy atom. The standard InChI is InChI=1S/C14H9NO3/c16-14-11-5-1-2-6-12(11)18-13(15-14)8-7-10-4-3-9-17-10/h1-9H. The van der Waals surface area contributed by atoms with Crippen LogP contribution in [0.15, 0.2) is 56.3 Å². The van der Waals surface area contributed by atoms with Crippen LogP contribution in [0.2, 0.25) is 0 Å². The molecule has 0 N–H and O–H groups in total. The van der Waals surface area contributed by atoms with Crippen LogP contribution in [0, 0.1) is 0 Å². The second-order valence-corrected chi connectivity index (χ2v) is 3.70. The Labute approximate surface area is 102 Å². The number of fused-ring (bicyclic) bond motifs is 1. The van der Waals surface area contributed by atoms with Crippen LogP contribution in [0.25, 0.3) is 23.1 Å². The average Bonchev–Trinajstić information content (AvgIpc) is 2.90. The minimum Gasteiger partial charge on any atom is -0.465 e. The van der Waals surface area contributed by atoms with E-state index in [4.69, 9.17) is 8.83 Å². The van der Waals surface area contributed by atoms with Gasteiger partial charge in [0.1, 0.15) is 11.3 Å². The van der Waals surface area contributed by atoms with Crippen LogP contribution in [0.5, 0.6) is 0 Å². The molecule has 0 radical (unpaired) electrons. The first-order chi connectivity index (χ1) is 8.83. The second-order valence-electron chi connectivity index (χ2n) is 3.70. The Balaban J connectivity index is 2.06. The average molecular weight is 239 g/mol. The van der Waals surface area contributed by atoms with Crippen molar-refractivity contribution in [3.05, 3.63) is 64.7 Å². The van der Waals surface area contributed by atoms with Gasteiger partial charge in [-0.2, -0.15) is 4.98 Å². The van der Waals surface area contributed by atoms with Crippen LogP contribution in [0.4, 0.5) is 0 Å². The first-order valence-electron chi connectivity index (χ1n) is 5.44. The largest absolute Gasteiger partial charge is 0.465 e. The highest BCUT2D eigenvalue weighted by Crippen LogP contribution is 2.12. The molecule has 0 spiro atoms. The summed E-state index contributed by atoms with van der Waals surface area (Å²) in [5.41, 5.74) is 0.229. The molecule has 4 heteroatoms. The number of aromatic nitrogens is 1. The summed E-state index contributed by atoms with van der Waals surface area (Å²) in [6, 6.07) is 10.6. The summed E-state index contributed by atoms with van der Waals surface area (Å²) in [5, 5.41) is 0.479. The van der Waals surface area contributed by atoms with E-state index >= 15 is 0 Å². The molecular formula is C14H9NO3. The van der Waals surface area contributed by atoms with Crippen LogP contribution in [0.3, 0.4) is 0 Å². The van der Waals surface area contributed by atoms with Gasteiger partial charge in [0.2, 0.25) is 5.89 Å². The Kier molecular flexibility index (Phi) is 2.53. The predicted octanol–water partition coefficient (Wildman–Crippen LogP) is 2.95. The van der Waals surface area contributed by atoms with Crippen molar-refractivity contribution in [2.45, 2.75) is 0 Å². The van der Waals surface area contributed by atoms with Gasteiger partial charge < -0.3 is 8.83 Å². The first kappa shape index (κ1) is 10.5. The number of nitrogens with zero attached hydrogens (tertiary/aromatic N) is 1. The van der Waals surface area contributed by atoms with Crippen molar-refractivity contribution in [3.8, 4) is 0 Å². The Morgan fingerprint density at radius 2 is 1.94 bits per heavy atom. The van der Waals surface area contributed by atoms with Crippen molar-refractivity contribution < 1.29 is 8.83 Å². The van der Waals surface area contributed by atoms with Crippen molar-refractivity contribution in [2.24, 2.45) is 0 Å². The maximum Gasteiger partial charge on any atom is 0.284 e. The lowest BCUT2D eigenvalue weighted by atomic mass is 10.2. The summed E-state index contributed by atoms with van der Waals surface area (Å²) >= 11 is 0. The molecule has 4 nitrogen and oxygen atoms in total. The van der Waals surface area contributed by atoms with E-state index in [1.165, 1.54) is 0 Å². The number of hydrogen-bond acceptors (Lipinski definition) is 4. The van der Waals surface area contributed by atoms with Gasteiger partial charge in [-0.15, -0.1) is 0 Å². The third-order valence-electron chi connectivity index (χ3n) is 2.48. The van der Waals surface area contributed by atoms with Crippen molar-refractivity contribution in [2.75, 3.05) is 0 Å². The Hall–Kier alpha value is -2.62. The normalized spacial score (nSPS) is 11.3. The van der Waals surface area contributed by atoms with Crippen molar-refractivity contribution in [1.82, 2.24) is 4.98 Å². The third kappa shape index (κ3) is 1.96. The number of para-hydroxylation sites is 1. The van der Waals surface area contributed by atoms with Crippen LogP contribution >= 0.6 is 0 Å². The van der Waals surface area contributed by atoms with E-state index in [9.17, 15) is 4.79 Å². The van der Waals surface area contributed by atoms with E-state index in [-0.39, 0.29) is 11.4 Å². The molecule has 3 rings (SSSR count). The van der Waals surface area contributed by atoms with Crippen LogP contribution in [-0.2, 0) is 0 Å². The third-order valence-corrected chi connectivity index (χ3v) is 2.48. The van der Waals surface area contributed by atoms with Crippen molar-refractivity contribution in [3.63, 3.8) is 0 Å². The molecule has 1 aromatic carbocycles. The zero-order valence-corrected chi connectivity index (χ0v) is 9.37. The highest BCUT2D eigenvalue weighted by atomic mass is 16.3. The number of benzene rings is 1. The Bertz CT molecular complexity index is 754. The van der Waals surface area contributed by atoms with Gasteiger partial charge >= 0.3 is 0 Å². The zero-order chi connectivity index (χ0) is 12.4. The van der Waals surface area contributed by atoms with Crippen LogP contribution < -0.4 is 5.56 Å². The lowest BCUT2D eigenvalue weighted by molar-refractivity contribution is 0.554.